The Morgan fingerprint density at radius 3 is 2.64 bits per heavy atom. The molecule has 0 spiro atoms. The highest BCUT2D eigenvalue weighted by atomic mass is 35.5. The van der Waals surface area contributed by atoms with Crippen molar-refractivity contribution in [3.05, 3.63) is 23.2 Å². The third-order valence-corrected chi connectivity index (χ3v) is 3.81. The molecule has 3 aliphatic carbocycles. The first kappa shape index (κ1) is 8.60. The van der Waals surface area contributed by atoms with E-state index >= 15 is 0 Å². The quantitative estimate of drug-likeness (QED) is 0.704. The van der Waals surface area contributed by atoms with Crippen LogP contribution in [0.15, 0.2) is 12.4 Å². The summed E-state index contributed by atoms with van der Waals surface area (Å²) in [6, 6.07) is 1.81. The van der Waals surface area contributed by atoms with E-state index in [1.807, 2.05) is 6.07 Å². The fourth-order valence-electron chi connectivity index (χ4n) is 3.04. The average Bonchev–Trinajstić information content (AvgIpc) is 2.00. The lowest BCUT2D eigenvalue weighted by atomic mass is 9.34. The minimum absolute atomic E-state index is 0.00255. The van der Waals surface area contributed by atoms with Gasteiger partial charge in [-0.1, -0.05) is 11.6 Å². The van der Waals surface area contributed by atoms with Gasteiger partial charge in [0.15, 0.2) is 0 Å². The molecule has 0 atom stereocenters. The second-order valence-electron chi connectivity index (χ2n) is 4.67. The summed E-state index contributed by atoms with van der Waals surface area (Å²) in [5.74, 6) is 0. The summed E-state index contributed by atoms with van der Waals surface area (Å²) in [5.41, 5.74) is 1.13. The van der Waals surface area contributed by atoms with Crippen LogP contribution in [0.4, 0.5) is 4.39 Å². The summed E-state index contributed by atoms with van der Waals surface area (Å²) < 4.78 is 12.6. The number of alkyl halides is 1. The third-order valence-electron chi connectivity index (χ3n) is 3.60. The van der Waals surface area contributed by atoms with Gasteiger partial charge < -0.3 is 0 Å². The lowest BCUT2D eigenvalue weighted by Crippen LogP contribution is -2.65. The fourth-order valence-corrected chi connectivity index (χ4v) is 3.18. The summed E-state index contributed by atoms with van der Waals surface area (Å²) in [6.07, 6.45) is 4.29. The zero-order chi connectivity index (χ0) is 9.81. The molecule has 4 rings (SSSR count). The predicted octanol–water partition coefficient (Wildman–Crippen LogP) is 2.52. The molecular weight excluding hydrogens is 203 g/mol. The van der Waals surface area contributed by atoms with E-state index < -0.39 is 0 Å². The highest BCUT2D eigenvalue weighted by Crippen LogP contribution is 2.73. The normalized spacial score (nSPS) is 38.7. The van der Waals surface area contributed by atoms with Crippen LogP contribution in [0.1, 0.15) is 25.0 Å². The minimum Gasteiger partial charge on any atom is -0.250 e. The smallest absolute Gasteiger partial charge is 0.132 e. The lowest BCUT2D eigenvalue weighted by Gasteiger charge is -2.69. The Hall–Kier alpha value is -0.700. The van der Waals surface area contributed by atoms with Gasteiger partial charge in [0.1, 0.15) is 11.5 Å². The second-order valence-corrected chi connectivity index (χ2v) is 5.06. The molecule has 0 amide bonds. The molecule has 74 valence electrons. The van der Waals surface area contributed by atoms with Crippen molar-refractivity contribution in [3.8, 4) is 0 Å². The maximum Gasteiger partial charge on any atom is 0.132 e. The largest absolute Gasteiger partial charge is 0.250 e. The minimum atomic E-state index is -0.187. The molecule has 1 aromatic rings. The first-order valence-corrected chi connectivity index (χ1v) is 5.10. The molecule has 2 nitrogen and oxygen atoms in total. The third kappa shape index (κ3) is 0.910. The van der Waals surface area contributed by atoms with Gasteiger partial charge in [-0.05, 0) is 25.3 Å². The van der Waals surface area contributed by atoms with E-state index in [1.165, 1.54) is 6.33 Å². The van der Waals surface area contributed by atoms with Crippen LogP contribution in [-0.4, -0.2) is 16.6 Å². The molecule has 0 aliphatic heterocycles. The molecule has 3 fully saturated rings. The van der Waals surface area contributed by atoms with Crippen molar-refractivity contribution in [3.63, 3.8) is 0 Å². The van der Waals surface area contributed by atoms with E-state index in [-0.39, 0.29) is 17.5 Å². The van der Waals surface area contributed by atoms with Crippen molar-refractivity contribution in [2.75, 3.05) is 6.67 Å². The maximum absolute atomic E-state index is 12.6. The summed E-state index contributed by atoms with van der Waals surface area (Å²) in [5, 5.41) is 0.481. The second kappa shape index (κ2) is 2.45. The summed E-state index contributed by atoms with van der Waals surface area (Å²) in [7, 11) is 0. The van der Waals surface area contributed by atoms with Gasteiger partial charge in [0.2, 0.25) is 0 Å². The zero-order valence-electron chi connectivity index (χ0n) is 7.63. The van der Waals surface area contributed by atoms with Gasteiger partial charge in [-0.2, -0.15) is 0 Å². The summed E-state index contributed by atoms with van der Waals surface area (Å²) >= 11 is 5.79. The molecule has 0 radical (unpaired) electrons. The first-order chi connectivity index (χ1) is 6.68. The van der Waals surface area contributed by atoms with Gasteiger partial charge in [-0.3, -0.25) is 4.39 Å². The Labute approximate surface area is 86.5 Å². The molecule has 0 N–H and O–H groups in total. The number of hydrogen-bond donors (Lipinski definition) is 0. The predicted molar refractivity (Wildman–Crippen MR) is 51.0 cm³/mol. The molecule has 3 saturated carbocycles. The highest BCUT2D eigenvalue weighted by molar-refractivity contribution is 6.29. The molecule has 0 unspecified atom stereocenters. The van der Waals surface area contributed by atoms with Crippen molar-refractivity contribution in [1.82, 2.24) is 9.97 Å². The van der Waals surface area contributed by atoms with E-state index in [9.17, 15) is 4.39 Å². The molecule has 2 bridgehead atoms. The molecule has 0 saturated heterocycles. The van der Waals surface area contributed by atoms with Crippen LogP contribution in [0.5, 0.6) is 0 Å². The number of halogens is 2. The standard InChI is InChI=1S/C10H10ClFN2/c11-8-1-7(13-6-14-8)10-2-9(3-10,4-10)5-12/h1,6H,2-5H2. The van der Waals surface area contributed by atoms with Crippen molar-refractivity contribution in [1.29, 1.82) is 0 Å². The molecule has 3 aliphatic rings. The topological polar surface area (TPSA) is 25.8 Å². The van der Waals surface area contributed by atoms with Crippen LogP contribution >= 0.6 is 11.6 Å². The van der Waals surface area contributed by atoms with Crippen molar-refractivity contribution < 1.29 is 4.39 Å². The van der Waals surface area contributed by atoms with Crippen molar-refractivity contribution in [2.24, 2.45) is 5.41 Å². The van der Waals surface area contributed by atoms with Gasteiger partial charge in [-0.15, -0.1) is 0 Å². The van der Waals surface area contributed by atoms with Gasteiger partial charge in [-0.25, -0.2) is 9.97 Å². The molecule has 4 heteroatoms. The molecule has 1 heterocycles. The average molecular weight is 213 g/mol. The Morgan fingerprint density at radius 1 is 1.36 bits per heavy atom. The van der Waals surface area contributed by atoms with E-state index in [1.54, 1.807) is 0 Å². The van der Waals surface area contributed by atoms with E-state index in [0.717, 1.165) is 25.0 Å². The SMILES string of the molecule is FCC12CC(c3cc(Cl)ncn3)(C1)C2. The van der Waals surface area contributed by atoms with Crippen LogP contribution in [0.2, 0.25) is 5.15 Å². The van der Waals surface area contributed by atoms with Crippen molar-refractivity contribution >= 4 is 11.6 Å². The number of aromatic nitrogens is 2. The van der Waals surface area contributed by atoms with Crippen LogP contribution in [0.25, 0.3) is 0 Å². The lowest BCUT2D eigenvalue weighted by molar-refractivity contribution is -0.155. The molecule has 14 heavy (non-hydrogen) atoms. The van der Waals surface area contributed by atoms with Gasteiger partial charge in [0, 0.05) is 10.8 Å². The van der Waals surface area contributed by atoms with Gasteiger partial charge in [0.05, 0.1) is 12.4 Å². The Morgan fingerprint density at radius 2 is 2.07 bits per heavy atom. The maximum atomic E-state index is 12.6. The Bertz CT molecular complexity index is 374. The first-order valence-electron chi connectivity index (χ1n) is 4.72. The number of rotatable bonds is 2. The van der Waals surface area contributed by atoms with E-state index in [4.69, 9.17) is 11.6 Å². The van der Waals surface area contributed by atoms with Gasteiger partial charge in [0.25, 0.3) is 0 Å². The molecule has 0 aromatic carbocycles. The van der Waals surface area contributed by atoms with Crippen LogP contribution < -0.4 is 0 Å². The summed E-state index contributed by atoms with van der Waals surface area (Å²) in [4.78, 5) is 8.07. The fraction of sp³-hybridized carbons (Fsp3) is 0.600. The number of nitrogens with zero attached hydrogens (tertiary/aromatic N) is 2. The van der Waals surface area contributed by atoms with Gasteiger partial charge >= 0.3 is 0 Å². The molecular formula is C10H10ClFN2. The zero-order valence-corrected chi connectivity index (χ0v) is 8.39. The van der Waals surface area contributed by atoms with E-state index in [0.29, 0.717) is 5.15 Å². The Balaban J connectivity index is 1.87. The Kier molecular flexibility index (Phi) is 1.51. The summed E-state index contributed by atoms with van der Waals surface area (Å²) in [6.45, 7) is -0.187. The van der Waals surface area contributed by atoms with Crippen LogP contribution in [-0.2, 0) is 5.41 Å². The van der Waals surface area contributed by atoms with Crippen LogP contribution in [0, 0.1) is 5.41 Å². The van der Waals surface area contributed by atoms with Crippen molar-refractivity contribution in [2.45, 2.75) is 24.7 Å². The highest BCUT2D eigenvalue weighted by Gasteiger charge is 2.69. The monoisotopic (exact) mass is 212 g/mol. The molecule has 1 aromatic heterocycles. The van der Waals surface area contributed by atoms with Crippen LogP contribution in [0.3, 0.4) is 0 Å². The van der Waals surface area contributed by atoms with E-state index in [2.05, 4.69) is 9.97 Å². The number of hydrogen-bond acceptors (Lipinski definition) is 2.